The number of halogens is 2. The van der Waals surface area contributed by atoms with Gasteiger partial charge in [0.15, 0.2) is 15.7 Å². The molecule has 0 aliphatic rings. The van der Waals surface area contributed by atoms with Crippen LogP contribution in [0, 0.1) is 5.82 Å². The van der Waals surface area contributed by atoms with Crippen molar-refractivity contribution in [2.45, 2.75) is 17.4 Å². The lowest BCUT2D eigenvalue weighted by molar-refractivity contribution is -0.133. The van der Waals surface area contributed by atoms with Gasteiger partial charge in [0.2, 0.25) is 17.7 Å². The van der Waals surface area contributed by atoms with Crippen LogP contribution in [0.5, 0.6) is 0 Å². The minimum atomic E-state index is -3.71. The number of amides is 3. The normalized spacial score (nSPS) is 12.0. The molecule has 14 nitrogen and oxygen atoms in total. The maximum Gasteiger partial charge on any atom is 0.335 e. The van der Waals surface area contributed by atoms with Gasteiger partial charge in [-0.2, -0.15) is 4.68 Å². The van der Waals surface area contributed by atoms with Crippen molar-refractivity contribution in [1.29, 1.82) is 0 Å². The first-order valence-corrected chi connectivity index (χ1v) is 15.7. The minimum absolute atomic E-state index is 0.0328. The van der Waals surface area contributed by atoms with Gasteiger partial charge in [0.05, 0.1) is 33.3 Å². The quantitative estimate of drug-likeness (QED) is 0.176. The zero-order valence-corrected chi connectivity index (χ0v) is 26.2. The highest BCUT2D eigenvalue weighted by Gasteiger charge is 2.26. The standard InChI is InChI=1S/C30H27ClFN7O7S/c1-38(15-16-47(45,46)21-5-3-2-4-6-21)27(41)17-24(29(42)34-20-9-7-19(8-10-20)30(43)44)35-26(40)14-11-22-25(39-18-33-36-37-39)13-12-23(31)28(22)32/h2-14,18,24H,15-17H2,1H3,(H,34,42)(H,35,40)(H,43,44)/b14-11+/t24-/m0/s1. The van der Waals surface area contributed by atoms with Crippen molar-refractivity contribution in [2.24, 2.45) is 0 Å². The summed E-state index contributed by atoms with van der Waals surface area (Å²) in [6.45, 7) is -0.205. The number of anilines is 1. The summed E-state index contributed by atoms with van der Waals surface area (Å²) in [7, 11) is -2.36. The number of aromatic nitrogens is 4. The van der Waals surface area contributed by atoms with E-state index in [2.05, 4.69) is 26.2 Å². The first-order chi connectivity index (χ1) is 22.4. The summed E-state index contributed by atoms with van der Waals surface area (Å²) in [4.78, 5) is 51.8. The zero-order chi connectivity index (χ0) is 34.1. The number of benzene rings is 3. The van der Waals surface area contributed by atoms with Gasteiger partial charge >= 0.3 is 5.97 Å². The zero-order valence-electron chi connectivity index (χ0n) is 24.6. The number of nitrogens with one attached hydrogen (secondary N) is 2. The Hall–Kier alpha value is -5.48. The van der Waals surface area contributed by atoms with Crippen LogP contribution in [0.2, 0.25) is 5.02 Å². The fourth-order valence-electron chi connectivity index (χ4n) is 4.16. The first-order valence-electron chi connectivity index (χ1n) is 13.7. The first kappa shape index (κ1) is 34.4. The molecule has 0 unspecified atom stereocenters. The van der Waals surface area contributed by atoms with Crippen molar-refractivity contribution < 1.29 is 37.1 Å². The van der Waals surface area contributed by atoms with Crippen molar-refractivity contribution in [3.8, 4) is 5.69 Å². The summed E-state index contributed by atoms with van der Waals surface area (Å²) in [5.74, 6) is -4.84. The molecule has 244 valence electrons. The number of carboxylic acids is 1. The van der Waals surface area contributed by atoms with Gasteiger partial charge in [0.25, 0.3) is 0 Å². The molecule has 0 aliphatic heterocycles. The van der Waals surface area contributed by atoms with E-state index in [0.717, 1.165) is 21.7 Å². The summed E-state index contributed by atoms with van der Waals surface area (Å²) >= 11 is 5.93. The Morgan fingerprint density at radius 2 is 1.77 bits per heavy atom. The van der Waals surface area contributed by atoms with Gasteiger partial charge in [-0.3, -0.25) is 14.4 Å². The monoisotopic (exact) mass is 683 g/mol. The maximum atomic E-state index is 15.0. The average molecular weight is 684 g/mol. The van der Waals surface area contributed by atoms with Crippen molar-refractivity contribution in [1.82, 2.24) is 30.4 Å². The summed E-state index contributed by atoms with van der Waals surface area (Å²) in [5, 5.41) is 24.5. The Balaban J connectivity index is 1.52. The Kier molecular flexibility index (Phi) is 11.1. The van der Waals surface area contributed by atoms with Crippen LogP contribution in [-0.2, 0) is 24.2 Å². The molecule has 0 fully saturated rings. The third kappa shape index (κ3) is 9.05. The number of carboxylic acid groups (broad SMARTS) is 1. The molecule has 1 aromatic heterocycles. The lowest BCUT2D eigenvalue weighted by atomic mass is 10.1. The molecule has 4 aromatic rings. The van der Waals surface area contributed by atoms with E-state index in [1.54, 1.807) is 18.2 Å². The van der Waals surface area contributed by atoms with Crippen molar-refractivity contribution in [2.75, 3.05) is 24.7 Å². The van der Waals surface area contributed by atoms with Crippen LogP contribution in [0.1, 0.15) is 22.3 Å². The van der Waals surface area contributed by atoms with E-state index in [9.17, 15) is 32.0 Å². The Morgan fingerprint density at radius 3 is 2.40 bits per heavy atom. The molecule has 47 heavy (non-hydrogen) atoms. The molecule has 4 rings (SSSR count). The molecular weight excluding hydrogens is 657 g/mol. The highest BCUT2D eigenvalue weighted by Crippen LogP contribution is 2.25. The molecule has 17 heteroatoms. The number of sulfone groups is 1. The maximum absolute atomic E-state index is 15.0. The minimum Gasteiger partial charge on any atom is -0.478 e. The summed E-state index contributed by atoms with van der Waals surface area (Å²) < 4.78 is 41.5. The van der Waals surface area contributed by atoms with Crippen LogP contribution in [0.4, 0.5) is 10.1 Å². The smallest absolute Gasteiger partial charge is 0.335 e. The summed E-state index contributed by atoms with van der Waals surface area (Å²) in [5.41, 5.74) is 0.156. The largest absolute Gasteiger partial charge is 0.478 e. The predicted molar refractivity (Wildman–Crippen MR) is 168 cm³/mol. The topological polar surface area (TPSA) is 194 Å². The average Bonchev–Trinajstić information content (AvgIpc) is 3.59. The van der Waals surface area contributed by atoms with E-state index in [1.807, 2.05) is 0 Å². The molecule has 1 atom stereocenters. The Morgan fingerprint density at radius 1 is 1.06 bits per heavy atom. The van der Waals surface area contributed by atoms with Crippen LogP contribution >= 0.6 is 11.6 Å². The summed E-state index contributed by atoms with van der Waals surface area (Å²) in [6.07, 6.45) is 2.64. The van der Waals surface area contributed by atoms with E-state index in [0.29, 0.717) is 0 Å². The number of rotatable bonds is 13. The van der Waals surface area contributed by atoms with Gasteiger partial charge in [-0.05, 0) is 65.0 Å². The van der Waals surface area contributed by atoms with Gasteiger partial charge in [-0.25, -0.2) is 17.6 Å². The van der Waals surface area contributed by atoms with Crippen molar-refractivity contribution in [3.63, 3.8) is 0 Å². The second-order valence-electron chi connectivity index (χ2n) is 9.97. The highest BCUT2D eigenvalue weighted by molar-refractivity contribution is 7.91. The highest BCUT2D eigenvalue weighted by atomic mass is 35.5. The van der Waals surface area contributed by atoms with Gasteiger partial charge in [-0.1, -0.05) is 29.8 Å². The molecule has 0 radical (unpaired) electrons. The number of hydrogen-bond acceptors (Lipinski definition) is 9. The van der Waals surface area contributed by atoms with Gasteiger partial charge < -0.3 is 20.6 Å². The Labute approximate surface area is 272 Å². The second-order valence-corrected chi connectivity index (χ2v) is 12.5. The lowest BCUT2D eigenvalue weighted by Gasteiger charge is -2.22. The fraction of sp³-hybridized carbons (Fsp3) is 0.167. The van der Waals surface area contributed by atoms with E-state index >= 15 is 0 Å². The molecule has 0 bridgehead atoms. The van der Waals surface area contributed by atoms with Crippen LogP contribution < -0.4 is 10.6 Å². The number of hydrogen-bond donors (Lipinski definition) is 3. The van der Waals surface area contributed by atoms with Gasteiger partial charge in [-0.15, -0.1) is 5.10 Å². The lowest BCUT2D eigenvalue weighted by Crippen LogP contribution is -2.46. The summed E-state index contributed by atoms with van der Waals surface area (Å²) in [6, 6.07) is 14.1. The number of tetrazole rings is 1. The van der Waals surface area contributed by atoms with E-state index in [1.165, 1.54) is 61.9 Å². The molecule has 0 aliphatic carbocycles. The molecule has 0 saturated heterocycles. The third-order valence-electron chi connectivity index (χ3n) is 6.74. The molecule has 3 N–H and O–H groups in total. The van der Waals surface area contributed by atoms with Crippen LogP contribution in [0.3, 0.4) is 0 Å². The molecule has 0 saturated carbocycles. The molecular formula is C30H27ClFN7O7S. The number of carbonyl (C=O) groups is 4. The van der Waals surface area contributed by atoms with Crippen molar-refractivity contribution in [3.05, 3.63) is 101 Å². The predicted octanol–water partition coefficient (Wildman–Crippen LogP) is 2.61. The van der Waals surface area contributed by atoms with Crippen LogP contribution in [0.15, 0.2) is 84.0 Å². The Bertz CT molecular complexity index is 1910. The van der Waals surface area contributed by atoms with Crippen LogP contribution in [-0.4, -0.2) is 87.7 Å². The molecule has 3 amide bonds. The molecule has 0 spiro atoms. The fourth-order valence-corrected chi connectivity index (χ4v) is 5.64. The van der Waals surface area contributed by atoms with Crippen molar-refractivity contribution >= 4 is 56.9 Å². The van der Waals surface area contributed by atoms with Crippen LogP contribution in [0.25, 0.3) is 11.8 Å². The SMILES string of the molecule is CN(CCS(=O)(=O)c1ccccc1)C(=O)C[C@H](NC(=O)/C=C/c1c(-n2cnnn2)ccc(Cl)c1F)C(=O)Nc1ccc(C(=O)O)cc1. The second kappa shape index (κ2) is 15.2. The van der Waals surface area contributed by atoms with Gasteiger partial charge in [0.1, 0.15) is 12.4 Å². The number of nitrogens with zero attached hydrogens (tertiary/aromatic N) is 5. The van der Waals surface area contributed by atoms with E-state index in [4.69, 9.17) is 16.7 Å². The molecule has 3 aromatic carbocycles. The van der Waals surface area contributed by atoms with E-state index in [-0.39, 0.29) is 39.0 Å². The number of aromatic carboxylic acids is 1. The van der Waals surface area contributed by atoms with E-state index < -0.39 is 57.6 Å². The van der Waals surface area contributed by atoms with Gasteiger partial charge in [0, 0.05) is 30.9 Å². The molecule has 1 heterocycles. The number of carbonyl (C=O) groups excluding carboxylic acids is 3. The third-order valence-corrected chi connectivity index (χ3v) is 8.74.